The van der Waals surface area contributed by atoms with Crippen molar-refractivity contribution >= 4 is 5.97 Å². The SMILES string of the molecule is COC(=O)Cc1cccc(C(F)(F)F)c1. The first-order chi connectivity index (χ1) is 6.93. The number of methoxy groups -OCH3 is 1. The summed E-state index contributed by atoms with van der Waals surface area (Å²) in [5.74, 6) is -0.561. The lowest BCUT2D eigenvalue weighted by molar-refractivity contribution is -0.140. The second-order valence-corrected chi connectivity index (χ2v) is 2.95. The minimum atomic E-state index is -4.38. The second kappa shape index (κ2) is 4.33. The van der Waals surface area contributed by atoms with Gasteiger partial charge in [-0.3, -0.25) is 4.79 Å². The van der Waals surface area contributed by atoms with Crippen molar-refractivity contribution in [2.45, 2.75) is 12.6 Å². The number of halogens is 3. The fourth-order valence-electron chi connectivity index (χ4n) is 1.10. The first-order valence-corrected chi connectivity index (χ1v) is 4.16. The predicted octanol–water partition coefficient (Wildman–Crippen LogP) is 2.42. The molecular weight excluding hydrogens is 209 g/mol. The Morgan fingerprint density at radius 3 is 2.60 bits per heavy atom. The van der Waals surface area contributed by atoms with E-state index in [0.717, 1.165) is 12.1 Å². The largest absolute Gasteiger partial charge is 0.469 e. The molecule has 5 heteroatoms. The van der Waals surface area contributed by atoms with Gasteiger partial charge in [0.25, 0.3) is 0 Å². The van der Waals surface area contributed by atoms with Gasteiger partial charge in [0.15, 0.2) is 0 Å². The van der Waals surface area contributed by atoms with Crippen molar-refractivity contribution in [1.29, 1.82) is 0 Å². The zero-order valence-electron chi connectivity index (χ0n) is 7.97. The number of hydrogen-bond donors (Lipinski definition) is 0. The summed E-state index contributed by atoms with van der Waals surface area (Å²) in [6.45, 7) is 0. The van der Waals surface area contributed by atoms with Gasteiger partial charge in [-0.05, 0) is 11.6 Å². The van der Waals surface area contributed by atoms with Crippen molar-refractivity contribution in [1.82, 2.24) is 0 Å². The monoisotopic (exact) mass is 218 g/mol. The summed E-state index contributed by atoms with van der Waals surface area (Å²) >= 11 is 0. The van der Waals surface area contributed by atoms with Crippen LogP contribution in [0.25, 0.3) is 0 Å². The molecule has 0 atom stereocenters. The number of hydrogen-bond acceptors (Lipinski definition) is 2. The molecule has 15 heavy (non-hydrogen) atoms. The van der Waals surface area contributed by atoms with Crippen LogP contribution in [0.4, 0.5) is 13.2 Å². The van der Waals surface area contributed by atoms with Crippen LogP contribution in [-0.2, 0) is 22.1 Å². The maximum absolute atomic E-state index is 12.3. The summed E-state index contributed by atoms with van der Waals surface area (Å²) in [6, 6.07) is 4.62. The van der Waals surface area contributed by atoms with E-state index < -0.39 is 17.7 Å². The highest BCUT2D eigenvalue weighted by Gasteiger charge is 2.30. The molecule has 2 nitrogen and oxygen atoms in total. The van der Waals surface area contributed by atoms with Crippen LogP contribution in [0.5, 0.6) is 0 Å². The number of rotatable bonds is 2. The molecule has 0 amide bonds. The molecule has 0 radical (unpaired) electrons. The highest BCUT2D eigenvalue weighted by Crippen LogP contribution is 2.29. The van der Waals surface area contributed by atoms with Crippen LogP contribution < -0.4 is 0 Å². The van der Waals surface area contributed by atoms with Gasteiger partial charge >= 0.3 is 12.1 Å². The lowest BCUT2D eigenvalue weighted by Crippen LogP contribution is -2.08. The van der Waals surface area contributed by atoms with Crippen LogP contribution in [0.3, 0.4) is 0 Å². The molecule has 0 saturated heterocycles. The fourth-order valence-corrected chi connectivity index (χ4v) is 1.10. The second-order valence-electron chi connectivity index (χ2n) is 2.95. The molecule has 1 aromatic carbocycles. The zero-order chi connectivity index (χ0) is 11.5. The van der Waals surface area contributed by atoms with Crippen molar-refractivity contribution in [3.8, 4) is 0 Å². The predicted molar refractivity (Wildman–Crippen MR) is 47.2 cm³/mol. The lowest BCUT2D eigenvalue weighted by Gasteiger charge is -2.07. The van der Waals surface area contributed by atoms with E-state index in [1.54, 1.807) is 0 Å². The first-order valence-electron chi connectivity index (χ1n) is 4.16. The third kappa shape index (κ3) is 3.27. The summed E-state index contributed by atoms with van der Waals surface area (Å²) < 4.78 is 41.2. The molecule has 0 spiro atoms. The third-order valence-corrected chi connectivity index (χ3v) is 1.83. The van der Waals surface area contributed by atoms with Gasteiger partial charge in [-0.1, -0.05) is 18.2 Å². The molecule has 0 heterocycles. The summed E-state index contributed by atoms with van der Waals surface area (Å²) in [6.07, 6.45) is -4.54. The van der Waals surface area contributed by atoms with E-state index in [1.807, 2.05) is 0 Å². The van der Waals surface area contributed by atoms with Gasteiger partial charge in [-0.15, -0.1) is 0 Å². The summed E-state index contributed by atoms with van der Waals surface area (Å²) in [5, 5.41) is 0. The standard InChI is InChI=1S/C10H9F3O2/c1-15-9(14)6-7-3-2-4-8(5-7)10(11,12)13/h2-5H,6H2,1H3. The van der Waals surface area contributed by atoms with Crippen molar-refractivity contribution in [2.75, 3.05) is 7.11 Å². The highest BCUT2D eigenvalue weighted by atomic mass is 19.4. The van der Waals surface area contributed by atoms with Gasteiger partial charge < -0.3 is 4.74 Å². The highest BCUT2D eigenvalue weighted by molar-refractivity contribution is 5.72. The van der Waals surface area contributed by atoms with Gasteiger partial charge in [-0.2, -0.15) is 13.2 Å². The molecule has 1 rings (SSSR count). The third-order valence-electron chi connectivity index (χ3n) is 1.83. The quantitative estimate of drug-likeness (QED) is 0.712. The van der Waals surface area contributed by atoms with E-state index in [4.69, 9.17) is 0 Å². The topological polar surface area (TPSA) is 26.3 Å². The van der Waals surface area contributed by atoms with Gasteiger partial charge in [0.1, 0.15) is 0 Å². The van der Waals surface area contributed by atoms with Crippen LogP contribution in [0.2, 0.25) is 0 Å². The first kappa shape index (κ1) is 11.6. The van der Waals surface area contributed by atoms with E-state index in [9.17, 15) is 18.0 Å². The van der Waals surface area contributed by atoms with Gasteiger partial charge in [0.2, 0.25) is 0 Å². The normalized spacial score (nSPS) is 11.2. The van der Waals surface area contributed by atoms with Gasteiger partial charge in [0, 0.05) is 0 Å². The minimum Gasteiger partial charge on any atom is -0.469 e. The van der Waals surface area contributed by atoms with E-state index in [1.165, 1.54) is 19.2 Å². The van der Waals surface area contributed by atoms with Crippen LogP contribution in [0, 0.1) is 0 Å². The Labute approximate surface area is 84.7 Å². The van der Waals surface area contributed by atoms with Crippen LogP contribution in [-0.4, -0.2) is 13.1 Å². The van der Waals surface area contributed by atoms with Crippen LogP contribution in [0.15, 0.2) is 24.3 Å². The Balaban J connectivity index is 2.88. The van der Waals surface area contributed by atoms with E-state index in [-0.39, 0.29) is 12.0 Å². The Kier molecular flexibility index (Phi) is 3.34. The Morgan fingerprint density at radius 1 is 1.40 bits per heavy atom. The molecule has 82 valence electrons. The Hall–Kier alpha value is -1.52. The van der Waals surface area contributed by atoms with Crippen LogP contribution >= 0.6 is 0 Å². The van der Waals surface area contributed by atoms with Gasteiger partial charge in [-0.25, -0.2) is 0 Å². The smallest absolute Gasteiger partial charge is 0.416 e. The van der Waals surface area contributed by atoms with Crippen molar-refractivity contribution in [3.05, 3.63) is 35.4 Å². The van der Waals surface area contributed by atoms with E-state index in [0.29, 0.717) is 0 Å². The summed E-state index contributed by atoms with van der Waals surface area (Å²) in [5.41, 5.74) is -0.472. The maximum atomic E-state index is 12.3. The number of carbonyl (C=O) groups excluding carboxylic acids is 1. The summed E-state index contributed by atoms with van der Waals surface area (Å²) in [7, 11) is 1.19. The van der Waals surface area contributed by atoms with E-state index in [2.05, 4.69) is 4.74 Å². The molecule has 0 bridgehead atoms. The van der Waals surface area contributed by atoms with Crippen LogP contribution in [0.1, 0.15) is 11.1 Å². The molecule has 0 unspecified atom stereocenters. The number of ether oxygens (including phenoxy) is 1. The summed E-state index contributed by atoms with van der Waals surface area (Å²) in [4.78, 5) is 10.8. The number of carbonyl (C=O) groups is 1. The minimum absolute atomic E-state index is 0.152. The number of benzene rings is 1. The van der Waals surface area contributed by atoms with Crippen molar-refractivity contribution < 1.29 is 22.7 Å². The molecule has 0 aliphatic rings. The molecule has 0 saturated carbocycles. The fraction of sp³-hybridized carbons (Fsp3) is 0.300. The molecule has 0 N–H and O–H groups in total. The van der Waals surface area contributed by atoms with Gasteiger partial charge in [0.05, 0.1) is 19.1 Å². The molecule has 0 aliphatic carbocycles. The molecule has 0 fully saturated rings. The average molecular weight is 218 g/mol. The molecule has 1 aromatic rings. The Bertz CT molecular complexity index is 358. The van der Waals surface area contributed by atoms with Crippen molar-refractivity contribution in [3.63, 3.8) is 0 Å². The Morgan fingerprint density at radius 2 is 2.07 bits per heavy atom. The zero-order valence-corrected chi connectivity index (χ0v) is 7.97. The lowest BCUT2D eigenvalue weighted by atomic mass is 10.1. The average Bonchev–Trinajstić information content (AvgIpc) is 2.17. The maximum Gasteiger partial charge on any atom is 0.416 e. The molecule has 0 aromatic heterocycles. The van der Waals surface area contributed by atoms with E-state index >= 15 is 0 Å². The number of alkyl halides is 3. The molecule has 0 aliphatic heterocycles. The number of esters is 1. The molecular formula is C10H9F3O2. The van der Waals surface area contributed by atoms with Crippen molar-refractivity contribution in [2.24, 2.45) is 0 Å².